The van der Waals surface area contributed by atoms with E-state index in [9.17, 15) is 9.59 Å². The maximum Gasteiger partial charge on any atom is 0.322 e. The number of esters is 1. The van der Waals surface area contributed by atoms with Gasteiger partial charge in [-0.15, -0.1) is 0 Å². The molecule has 1 fully saturated rings. The molecular formula is C22H26N4O3. The molecule has 1 saturated heterocycles. The van der Waals surface area contributed by atoms with Gasteiger partial charge in [-0.2, -0.15) is 0 Å². The highest BCUT2D eigenvalue weighted by atomic mass is 16.5. The molecule has 0 aliphatic carbocycles. The summed E-state index contributed by atoms with van der Waals surface area (Å²) in [6, 6.07) is 14.5. The summed E-state index contributed by atoms with van der Waals surface area (Å²) >= 11 is 0. The van der Waals surface area contributed by atoms with Crippen LogP contribution < -0.4 is 16.0 Å². The van der Waals surface area contributed by atoms with Gasteiger partial charge >= 0.3 is 12.0 Å². The monoisotopic (exact) mass is 394 g/mol. The Hall–Kier alpha value is -3.35. The van der Waals surface area contributed by atoms with E-state index in [0.29, 0.717) is 24.9 Å². The Morgan fingerprint density at radius 2 is 1.93 bits per heavy atom. The topological polar surface area (TPSA) is 109 Å². The molecule has 0 spiro atoms. The Kier molecular flexibility index (Phi) is 6.16. The Bertz CT molecular complexity index is 909. The molecule has 1 aliphatic rings. The molecule has 29 heavy (non-hydrogen) atoms. The third kappa shape index (κ3) is 4.93. The van der Waals surface area contributed by atoms with Crippen molar-refractivity contribution in [1.29, 1.82) is 5.41 Å². The molecule has 152 valence electrons. The van der Waals surface area contributed by atoms with Gasteiger partial charge in [-0.1, -0.05) is 24.3 Å². The molecule has 0 saturated carbocycles. The lowest BCUT2D eigenvalue weighted by atomic mass is 9.97. The zero-order chi connectivity index (χ0) is 21.0. The second kappa shape index (κ2) is 8.77. The number of hydrogen-bond acceptors (Lipinski definition) is 4. The number of rotatable bonds is 7. The molecule has 1 heterocycles. The number of benzene rings is 2. The van der Waals surface area contributed by atoms with Crippen LogP contribution in [0.5, 0.6) is 0 Å². The van der Waals surface area contributed by atoms with Gasteiger partial charge in [0, 0.05) is 17.7 Å². The first-order chi connectivity index (χ1) is 13.8. The summed E-state index contributed by atoms with van der Waals surface area (Å²) in [5.41, 5.74) is 8.87. The van der Waals surface area contributed by atoms with Crippen LogP contribution in [0.2, 0.25) is 0 Å². The first kappa shape index (κ1) is 20.4. The minimum atomic E-state index is -0.225. The highest BCUT2D eigenvalue weighted by Gasteiger charge is 2.31. The fourth-order valence-electron chi connectivity index (χ4n) is 3.42. The van der Waals surface area contributed by atoms with Crippen LogP contribution >= 0.6 is 0 Å². The number of amidine groups is 1. The normalized spacial score (nSPS) is 16.0. The lowest BCUT2D eigenvalue weighted by Gasteiger charge is -2.17. The third-order valence-electron chi connectivity index (χ3n) is 4.79. The van der Waals surface area contributed by atoms with E-state index in [1.54, 1.807) is 29.2 Å². The molecule has 1 aliphatic heterocycles. The number of aryl methyl sites for hydroxylation is 1. The molecule has 7 nitrogen and oxygen atoms in total. The number of amides is 2. The summed E-state index contributed by atoms with van der Waals surface area (Å²) in [7, 11) is 0. The van der Waals surface area contributed by atoms with E-state index in [2.05, 4.69) is 5.32 Å². The van der Waals surface area contributed by atoms with Crippen molar-refractivity contribution < 1.29 is 14.3 Å². The number of nitrogens with one attached hydrogen (secondary N) is 2. The van der Waals surface area contributed by atoms with Gasteiger partial charge in [0.2, 0.25) is 0 Å². The molecule has 4 N–H and O–H groups in total. The first-order valence-corrected chi connectivity index (χ1v) is 9.65. The molecule has 0 bridgehead atoms. The summed E-state index contributed by atoms with van der Waals surface area (Å²) in [6.07, 6.45) is 0.725. The Labute approximate surface area is 170 Å². The Morgan fingerprint density at radius 3 is 2.59 bits per heavy atom. The predicted octanol–water partition coefficient (Wildman–Crippen LogP) is 3.13. The summed E-state index contributed by atoms with van der Waals surface area (Å²) in [5.74, 6) is -0.234. The van der Waals surface area contributed by atoms with Crippen molar-refractivity contribution in [3.63, 3.8) is 0 Å². The highest BCUT2D eigenvalue weighted by molar-refractivity contribution is 5.97. The van der Waals surface area contributed by atoms with E-state index in [1.165, 1.54) is 0 Å². The summed E-state index contributed by atoms with van der Waals surface area (Å²) in [6.45, 7) is 4.14. The number of anilines is 1. The lowest BCUT2D eigenvalue weighted by Crippen LogP contribution is -2.27. The number of nitrogen functional groups attached to an aromatic ring is 1. The average molecular weight is 394 g/mol. The number of hydrogen-bond donors (Lipinski definition) is 3. The Balaban J connectivity index is 1.72. The van der Waals surface area contributed by atoms with Crippen LogP contribution in [0.4, 0.5) is 10.5 Å². The predicted molar refractivity (Wildman–Crippen MR) is 112 cm³/mol. The van der Waals surface area contributed by atoms with E-state index < -0.39 is 0 Å². The summed E-state index contributed by atoms with van der Waals surface area (Å²) < 4.78 is 5.21. The standard InChI is InChI=1S/C22H26N4O3/c1-14(2)29-20(27)12-9-15-5-3-4-6-18(15)19-13-26(22(28)25-19)17-10-7-16(8-11-17)21(23)24/h3-8,10-11,14,19H,9,12-13H2,1-2H3,(H3,23,24)(H,25,28). The molecule has 1 atom stereocenters. The van der Waals surface area contributed by atoms with Crippen molar-refractivity contribution in [2.24, 2.45) is 5.73 Å². The van der Waals surface area contributed by atoms with E-state index >= 15 is 0 Å². The first-order valence-electron chi connectivity index (χ1n) is 9.65. The van der Waals surface area contributed by atoms with Gasteiger partial charge in [0.25, 0.3) is 0 Å². The molecule has 1 unspecified atom stereocenters. The number of carbonyl (C=O) groups excluding carboxylic acids is 2. The zero-order valence-electron chi connectivity index (χ0n) is 16.6. The molecule has 2 aromatic carbocycles. The van der Waals surface area contributed by atoms with Gasteiger partial charge in [0.05, 0.1) is 18.7 Å². The van der Waals surface area contributed by atoms with Crippen molar-refractivity contribution in [3.8, 4) is 0 Å². The molecule has 0 aromatic heterocycles. The summed E-state index contributed by atoms with van der Waals surface area (Å²) in [4.78, 5) is 26.1. The van der Waals surface area contributed by atoms with E-state index in [4.69, 9.17) is 15.9 Å². The van der Waals surface area contributed by atoms with Crippen LogP contribution in [0.25, 0.3) is 0 Å². The van der Waals surface area contributed by atoms with Gasteiger partial charge in [0.1, 0.15) is 5.84 Å². The van der Waals surface area contributed by atoms with Crippen molar-refractivity contribution in [2.75, 3.05) is 11.4 Å². The fourth-order valence-corrected chi connectivity index (χ4v) is 3.42. The SMILES string of the molecule is CC(C)OC(=O)CCc1ccccc1C1CN(c2ccc(C(=N)N)cc2)C(=O)N1. The number of urea groups is 1. The minimum Gasteiger partial charge on any atom is -0.463 e. The molecular weight excluding hydrogens is 368 g/mol. The van der Waals surface area contributed by atoms with Crippen LogP contribution in [-0.4, -0.2) is 30.5 Å². The van der Waals surface area contributed by atoms with Gasteiger partial charge in [0.15, 0.2) is 0 Å². The van der Waals surface area contributed by atoms with Crippen molar-refractivity contribution in [2.45, 2.75) is 38.8 Å². The molecule has 7 heteroatoms. The van der Waals surface area contributed by atoms with Crippen LogP contribution in [0.15, 0.2) is 48.5 Å². The Morgan fingerprint density at radius 1 is 1.24 bits per heavy atom. The van der Waals surface area contributed by atoms with Crippen LogP contribution in [-0.2, 0) is 16.0 Å². The van der Waals surface area contributed by atoms with Crippen molar-refractivity contribution >= 4 is 23.5 Å². The second-order valence-corrected chi connectivity index (χ2v) is 7.31. The number of ether oxygens (including phenoxy) is 1. The van der Waals surface area contributed by atoms with Crippen LogP contribution in [0.3, 0.4) is 0 Å². The van der Waals surface area contributed by atoms with Crippen molar-refractivity contribution in [3.05, 3.63) is 65.2 Å². The minimum absolute atomic E-state index is 0.00905. The molecule has 2 amide bonds. The van der Waals surface area contributed by atoms with E-state index in [-0.39, 0.29) is 30.0 Å². The van der Waals surface area contributed by atoms with Gasteiger partial charge < -0.3 is 15.8 Å². The van der Waals surface area contributed by atoms with Gasteiger partial charge in [-0.05, 0) is 55.7 Å². The lowest BCUT2D eigenvalue weighted by molar-refractivity contribution is -0.147. The van der Waals surface area contributed by atoms with Gasteiger partial charge in [-0.25, -0.2) is 4.79 Å². The quantitative estimate of drug-likeness (QED) is 0.381. The summed E-state index contributed by atoms with van der Waals surface area (Å²) in [5, 5.41) is 10.5. The van der Waals surface area contributed by atoms with E-state index in [1.807, 2.05) is 38.1 Å². The van der Waals surface area contributed by atoms with Crippen molar-refractivity contribution in [1.82, 2.24) is 5.32 Å². The number of carbonyl (C=O) groups is 2. The molecule has 3 rings (SSSR count). The highest BCUT2D eigenvalue weighted by Crippen LogP contribution is 2.28. The molecule has 0 radical (unpaired) electrons. The van der Waals surface area contributed by atoms with Crippen LogP contribution in [0.1, 0.15) is 43.0 Å². The number of nitrogens with two attached hydrogens (primary N) is 1. The van der Waals surface area contributed by atoms with Gasteiger partial charge in [-0.3, -0.25) is 15.1 Å². The smallest absolute Gasteiger partial charge is 0.322 e. The second-order valence-electron chi connectivity index (χ2n) is 7.31. The largest absolute Gasteiger partial charge is 0.463 e. The van der Waals surface area contributed by atoms with Crippen LogP contribution in [0, 0.1) is 5.41 Å². The third-order valence-corrected chi connectivity index (χ3v) is 4.79. The average Bonchev–Trinajstić information content (AvgIpc) is 3.07. The maximum absolute atomic E-state index is 12.5. The number of nitrogens with zero attached hydrogens (tertiary/aromatic N) is 1. The maximum atomic E-state index is 12.5. The molecule has 2 aromatic rings. The fraction of sp³-hybridized carbons (Fsp3) is 0.318. The zero-order valence-corrected chi connectivity index (χ0v) is 16.6. The van der Waals surface area contributed by atoms with E-state index in [0.717, 1.165) is 16.8 Å².